The van der Waals surface area contributed by atoms with Gasteiger partial charge in [0.2, 0.25) is 5.91 Å². The molecule has 2 aliphatic heterocycles. The zero-order valence-electron chi connectivity index (χ0n) is 12.1. The van der Waals surface area contributed by atoms with E-state index in [1.165, 1.54) is 11.1 Å². The Morgan fingerprint density at radius 1 is 1.20 bits per heavy atom. The van der Waals surface area contributed by atoms with Crippen molar-refractivity contribution in [2.24, 2.45) is 0 Å². The van der Waals surface area contributed by atoms with Gasteiger partial charge in [-0.25, -0.2) is 0 Å². The van der Waals surface area contributed by atoms with Crippen molar-refractivity contribution in [3.63, 3.8) is 0 Å². The van der Waals surface area contributed by atoms with Gasteiger partial charge in [-0.1, -0.05) is 24.3 Å². The first kappa shape index (κ1) is 13.6. The van der Waals surface area contributed by atoms with Crippen LogP contribution in [0.15, 0.2) is 24.3 Å². The van der Waals surface area contributed by atoms with E-state index < -0.39 is 0 Å². The molecule has 1 amide bonds. The first-order chi connectivity index (χ1) is 9.75. The van der Waals surface area contributed by atoms with E-state index in [1.807, 2.05) is 4.90 Å². The molecular weight excluding hydrogens is 250 g/mol. The monoisotopic (exact) mass is 273 g/mol. The van der Waals surface area contributed by atoms with Gasteiger partial charge in [0.05, 0.1) is 0 Å². The second kappa shape index (κ2) is 5.94. The SMILES string of the molecule is CC(=O)N1CCN(C2CCNCc3ccccc32)CC1. The Balaban J connectivity index is 1.76. The summed E-state index contributed by atoms with van der Waals surface area (Å²) in [5.74, 6) is 0.201. The maximum atomic E-state index is 11.4. The summed E-state index contributed by atoms with van der Waals surface area (Å²) in [7, 11) is 0. The smallest absolute Gasteiger partial charge is 0.219 e. The summed E-state index contributed by atoms with van der Waals surface area (Å²) >= 11 is 0. The molecule has 0 aliphatic carbocycles. The third-order valence-corrected chi connectivity index (χ3v) is 4.52. The number of carbonyl (C=O) groups is 1. The predicted octanol–water partition coefficient (Wildman–Crippen LogP) is 1.39. The molecule has 108 valence electrons. The summed E-state index contributed by atoms with van der Waals surface area (Å²) in [6, 6.07) is 9.26. The molecule has 0 saturated carbocycles. The highest BCUT2D eigenvalue weighted by Gasteiger charge is 2.27. The van der Waals surface area contributed by atoms with Crippen LogP contribution in [0.5, 0.6) is 0 Å². The van der Waals surface area contributed by atoms with Gasteiger partial charge in [-0.3, -0.25) is 9.69 Å². The Labute approximate surface area is 120 Å². The molecule has 0 bridgehead atoms. The van der Waals surface area contributed by atoms with Crippen molar-refractivity contribution in [2.45, 2.75) is 25.9 Å². The number of rotatable bonds is 1. The molecule has 1 saturated heterocycles. The minimum Gasteiger partial charge on any atom is -0.340 e. The topological polar surface area (TPSA) is 35.6 Å². The summed E-state index contributed by atoms with van der Waals surface area (Å²) in [5, 5.41) is 3.51. The summed E-state index contributed by atoms with van der Waals surface area (Å²) < 4.78 is 0. The predicted molar refractivity (Wildman–Crippen MR) is 79.3 cm³/mol. The summed E-state index contributed by atoms with van der Waals surface area (Å²) in [4.78, 5) is 15.9. The van der Waals surface area contributed by atoms with Crippen molar-refractivity contribution in [3.8, 4) is 0 Å². The van der Waals surface area contributed by atoms with Crippen LogP contribution in [-0.2, 0) is 11.3 Å². The van der Waals surface area contributed by atoms with Crippen LogP contribution in [0.2, 0.25) is 0 Å². The highest BCUT2D eigenvalue weighted by atomic mass is 16.2. The van der Waals surface area contributed by atoms with E-state index >= 15 is 0 Å². The van der Waals surface area contributed by atoms with Gasteiger partial charge in [0, 0.05) is 45.7 Å². The first-order valence-electron chi connectivity index (χ1n) is 7.54. The van der Waals surface area contributed by atoms with Crippen molar-refractivity contribution >= 4 is 5.91 Å². The van der Waals surface area contributed by atoms with Crippen molar-refractivity contribution in [1.82, 2.24) is 15.1 Å². The van der Waals surface area contributed by atoms with Crippen LogP contribution in [0, 0.1) is 0 Å². The quantitative estimate of drug-likeness (QED) is 0.840. The van der Waals surface area contributed by atoms with E-state index in [0.29, 0.717) is 6.04 Å². The molecule has 20 heavy (non-hydrogen) atoms. The Morgan fingerprint density at radius 2 is 1.95 bits per heavy atom. The van der Waals surface area contributed by atoms with Gasteiger partial charge in [-0.2, -0.15) is 0 Å². The third kappa shape index (κ3) is 2.72. The lowest BCUT2D eigenvalue weighted by Crippen LogP contribution is -2.49. The fourth-order valence-electron chi connectivity index (χ4n) is 3.37. The molecular formula is C16H23N3O. The average Bonchev–Trinajstić information content (AvgIpc) is 2.69. The van der Waals surface area contributed by atoms with Gasteiger partial charge in [0.1, 0.15) is 0 Å². The second-order valence-corrected chi connectivity index (χ2v) is 5.72. The maximum Gasteiger partial charge on any atom is 0.219 e. The number of carbonyl (C=O) groups excluding carboxylic acids is 1. The fraction of sp³-hybridized carbons (Fsp3) is 0.562. The lowest BCUT2D eigenvalue weighted by Gasteiger charge is -2.39. The number of nitrogens with zero attached hydrogens (tertiary/aromatic N) is 2. The molecule has 0 radical (unpaired) electrons. The molecule has 1 N–H and O–H groups in total. The van der Waals surface area contributed by atoms with Crippen LogP contribution in [0.25, 0.3) is 0 Å². The van der Waals surface area contributed by atoms with Crippen molar-refractivity contribution < 1.29 is 4.79 Å². The molecule has 2 aliphatic rings. The van der Waals surface area contributed by atoms with E-state index in [4.69, 9.17) is 0 Å². The Hall–Kier alpha value is -1.39. The normalized spacial score (nSPS) is 24.1. The molecule has 1 atom stereocenters. The number of amides is 1. The van der Waals surface area contributed by atoms with Crippen molar-refractivity contribution in [2.75, 3.05) is 32.7 Å². The Kier molecular flexibility index (Phi) is 4.03. The van der Waals surface area contributed by atoms with Crippen LogP contribution >= 0.6 is 0 Å². The Bertz CT molecular complexity index is 480. The van der Waals surface area contributed by atoms with Crippen molar-refractivity contribution in [1.29, 1.82) is 0 Å². The van der Waals surface area contributed by atoms with Gasteiger partial charge in [-0.05, 0) is 24.1 Å². The summed E-state index contributed by atoms with van der Waals surface area (Å²) in [6.07, 6.45) is 1.15. The van der Waals surface area contributed by atoms with Crippen LogP contribution in [0.4, 0.5) is 0 Å². The molecule has 1 unspecified atom stereocenters. The molecule has 0 aromatic heterocycles. The minimum absolute atomic E-state index is 0.201. The maximum absolute atomic E-state index is 11.4. The number of fused-ring (bicyclic) bond motifs is 1. The zero-order chi connectivity index (χ0) is 13.9. The first-order valence-corrected chi connectivity index (χ1v) is 7.54. The summed E-state index contributed by atoms with van der Waals surface area (Å²) in [5.41, 5.74) is 2.89. The van der Waals surface area contributed by atoms with Gasteiger partial charge in [0.25, 0.3) is 0 Å². The molecule has 1 fully saturated rings. The van der Waals surface area contributed by atoms with Crippen LogP contribution in [0.3, 0.4) is 0 Å². The van der Waals surface area contributed by atoms with Gasteiger partial charge >= 0.3 is 0 Å². The van der Waals surface area contributed by atoms with Gasteiger partial charge < -0.3 is 10.2 Å². The van der Waals surface area contributed by atoms with E-state index in [0.717, 1.165) is 45.7 Å². The second-order valence-electron chi connectivity index (χ2n) is 5.72. The van der Waals surface area contributed by atoms with Crippen molar-refractivity contribution in [3.05, 3.63) is 35.4 Å². The number of benzene rings is 1. The molecule has 4 nitrogen and oxygen atoms in total. The highest BCUT2D eigenvalue weighted by Crippen LogP contribution is 2.29. The van der Waals surface area contributed by atoms with E-state index in [2.05, 4.69) is 34.5 Å². The van der Waals surface area contributed by atoms with E-state index in [9.17, 15) is 4.79 Å². The number of piperazine rings is 1. The lowest BCUT2D eigenvalue weighted by molar-refractivity contribution is -0.130. The molecule has 1 aromatic carbocycles. The Morgan fingerprint density at radius 3 is 2.70 bits per heavy atom. The zero-order valence-corrected chi connectivity index (χ0v) is 12.1. The van der Waals surface area contributed by atoms with Crippen LogP contribution < -0.4 is 5.32 Å². The fourth-order valence-corrected chi connectivity index (χ4v) is 3.37. The molecule has 4 heteroatoms. The molecule has 2 heterocycles. The average molecular weight is 273 g/mol. The molecule has 3 rings (SSSR count). The number of hydrogen-bond donors (Lipinski definition) is 1. The third-order valence-electron chi connectivity index (χ3n) is 4.52. The number of nitrogens with one attached hydrogen (secondary N) is 1. The highest BCUT2D eigenvalue weighted by molar-refractivity contribution is 5.73. The number of hydrogen-bond acceptors (Lipinski definition) is 3. The minimum atomic E-state index is 0.201. The van der Waals surface area contributed by atoms with Gasteiger partial charge in [0.15, 0.2) is 0 Å². The van der Waals surface area contributed by atoms with E-state index in [1.54, 1.807) is 6.92 Å². The van der Waals surface area contributed by atoms with Crippen LogP contribution in [-0.4, -0.2) is 48.4 Å². The standard InChI is InChI=1S/C16H23N3O/c1-13(20)18-8-10-19(11-9-18)16-6-7-17-12-14-4-2-3-5-15(14)16/h2-5,16-17H,6-12H2,1H3. The van der Waals surface area contributed by atoms with Crippen LogP contribution in [0.1, 0.15) is 30.5 Å². The largest absolute Gasteiger partial charge is 0.340 e. The molecule has 1 aromatic rings. The van der Waals surface area contributed by atoms with E-state index in [-0.39, 0.29) is 5.91 Å². The lowest BCUT2D eigenvalue weighted by atomic mass is 9.97. The molecule has 0 spiro atoms. The van der Waals surface area contributed by atoms with Gasteiger partial charge in [-0.15, -0.1) is 0 Å². The summed E-state index contributed by atoms with van der Waals surface area (Å²) in [6.45, 7) is 7.40.